The van der Waals surface area contributed by atoms with Crippen molar-refractivity contribution in [3.05, 3.63) is 46.5 Å². The average molecular weight is 366 g/mol. The number of halogens is 1. The van der Waals surface area contributed by atoms with E-state index in [9.17, 15) is 14.7 Å². The predicted molar refractivity (Wildman–Crippen MR) is 96.9 cm³/mol. The molecule has 1 aliphatic carbocycles. The molecule has 0 radical (unpaired) electrons. The minimum Gasteiger partial charge on any atom is -0.479 e. The Morgan fingerprint density at radius 3 is 2.40 bits per heavy atom. The van der Waals surface area contributed by atoms with E-state index < -0.39 is 29.1 Å². The molecular formula is C19H24ClNO4. The van der Waals surface area contributed by atoms with Gasteiger partial charge in [0.15, 0.2) is 5.54 Å². The molecule has 0 spiro atoms. The van der Waals surface area contributed by atoms with Crippen LogP contribution in [0.4, 0.5) is 4.79 Å². The molecule has 25 heavy (non-hydrogen) atoms. The van der Waals surface area contributed by atoms with Crippen molar-refractivity contribution in [3.8, 4) is 0 Å². The van der Waals surface area contributed by atoms with E-state index in [0.29, 0.717) is 11.4 Å². The maximum absolute atomic E-state index is 12.3. The molecule has 2 rings (SSSR count). The first-order valence-electron chi connectivity index (χ1n) is 8.19. The van der Waals surface area contributed by atoms with Crippen molar-refractivity contribution in [3.63, 3.8) is 0 Å². The number of carboxylic acids is 1. The molecule has 0 aliphatic heterocycles. The molecule has 0 saturated heterocycles. The largest absolute Gasteiger partial charge is 0.479 e. The summed E-state index contributed by atoms with van der Waals surface area (Å²) in [5, 5.41) is 13.2. The molecule has 1 aromatic carbocycles. The number of allylic oxidation sites excluding steroid dienone is 1. The molecule has 1 aromatic rings. The van der Waals surface area contributed by atoms with Gasteiger partial charge in [0, 0.05) is 17.4 Å². The van der Waals surface area contributed by atoms with Crippen molar-refractivity contribution >= 4 is 23.7 Å². The summed E-state index contributed by atoms with van der Waals surface area (Å²) in [6.07, 6.45) is 1.85. The van der Waals surface area contributed by atoms with Crippen molar-refractivity contribution in [2.45, 2.75) is 57.6 Å². The zero-order valence-corrected chi connectivity index (χ0v) is 15.7. The summed E-state index contributed by atoms with van der Waals surface area (Å²) in [7, 11) is 0. The van der Waals surface area contributed by atoms with E-state index in [-0.39, 0.29) is 6.42 Å². The number of benzene rings is 1. The van der Waals surface area contributed by atoms with Gasteiger partial charge in [0.1, 0.15) is 5.60 Å². The summed E-state index contributed by atoms with van der Waals surface area (Å²) in [6, 6.07) is 7.06. The highest BCUT2D eigenvalue weighted by atomic mass is 35.5. The number of hydrogen-bond acceptors (Lipinski definition) is 3. The molecular weight excluding hydrogens is 342 g/mol. The van der Waals surface area contributed by atoms with E-state index in [2.05, 4.69) is 5.32 Å². The summed E-state index contributed by atoms with van der Waals surface area (Å²) < 4.78 is 5.29. The SMILES string of the molecule is CC1=CCC(NC(=O)OC(C)(C)C)(C(=O)O)C(c2ccc(Cl)cc2)C1. The second kappa shape index (κ2) is 7.08. The number of carboxylic acid groups (broad SMARTS) is 1. The molecule has 2 N–H and O–H groups in total. The second-order valence-electron chi connectivity index (χ2n) is 7.47. The van der Waals surface area contributed by atoms with E-state index in [4.69, 9.17) is 16.3 Å². The Morgan fingerprint density at radius 1 is 1.28 bits per heavy atom. The summed E-state index contributed by atoms with van der Waals surface area (Å²) in [6.45, 7) is 7.17. The van der Waals surface area contributed by atoms with Gasteiger partial charge in [-0.05, 0) is 51.8 Å². The first kappa shape index (κ1) is 19.3. The summed E-state index contributed by atoms with van der Waals surface area (Å²) >= 11 is 5.95. The fourth-order valence-corrected chi connectivity index (χ4v) is 3.19. The Bertz CT molecular complexity index is 690. The van der Waals surface area contributed by atoms with Crippen LogP contribution in [0.5, 0.6) is 0 Å². The molecule has 136 valence electrons. The van der Waals surface area contributed by atoms with Gasteiger partial charge in [-0.2, -0.15) is 0 Å². The fourth-order valence-electron chi connectivity index (χ4n) is 3.07. The molecule has 6 heteroatoms. The van der Waals surface area contributed by atoms with Gasteiger partial charge in [-0.1, -0.05) is 35.4 Å². The lowest BCUT2D eigenvalue weighted by Crippen LogP contribution is -2.60. The van der Waals surface area contributed by atoms with Gasteiger partial charge in [0.05, 0.1) is 0 Å². The highest BCUT2D eigenvalue weighted by Crippen LogP contribution is 2.41. The van der Waals surface area contributed by atoms with Crippen molar-refractivity contribution in [1.82, 2.24) is 5.32 Å². The normalized spacial score (nSPS) is 23.6. The molecule has 2 unspecified atom stereocenters. The quantitative estimate of drug-likeness (QED) is 0.772. The Kier molecular flexibility index (Phi) is 5.47. The minimum atomic E-state index is -1.46. The lowest BCUT2D eigenvalue weighted by molar-refractivity contribution is -0.146. The van der Waals surface area contributed by atoms with Crippen molar-refractivity contribution in [1.29, 1.82) is 0 Å². The number of hydrogen-bond donors (Lipinski definition) is 2. The van der Waals surface area contributed by atoms with E-state index in [1.807, 2.05) is 13.0 Å². The third kappa shape index (κ3) is 4.54. The van der Waals surface area contributed by atoms with Gasteiger partial charge >= 0.3 is 12.1 Å². The maximum atomic E-state index is 12.3. The third-order valence-corrected chi connectivity index (χ3v) is 4.52. The monoisotopic (exact) mass is 365 g/mol. The molecule has 1 aliphatic rings. The molecule has 0 bridgehead atoms. The fraction of sp³-hybridized carbons (Fsp3) is 0.474. The van der Waals surface area contributed by atoms with E-state index in [0.717, 1.165) is 11.1 Å². The van der Waals surface area contributed by atoms with E-state index in [1.54, 1.807) is 45.0 Å². The van der Waals surface area contributed by atoms with Gasteiger partial charge in [-0.3, -0.25) is 0 Å². The van der Waals surface area contributed by atoms with Crippen molar-refractivity contribution in [2.24, 2.45) is 0 Å². The lowest BCUT2D eigenvalue weighted by atomic mass is 9.70. The zero-order chi connectivity index (χ0) is 18.8. The van der Waals surface area contributed by atoms with Crippen molar-refractivity contribution in [2.75, 3.05) is 0 Å². The number of amides is 1. The first-order valence-corrected chi connectivity index (χ1v) is 8.57. The molecule has 0 heterocycles. The summed E-state index contributed by atoms with van der Waals surface area (Å²) in [4.78, 5) is 24.5. The molecule has 1 amide bonds. The topological polar surface area (TPSA) is 75.6 Å². The Morgan fingerprint density at radius 2 is 1.88 bits per heavy atom. The summed E-state index contributed by atoms with van der Waals surface area (Å²) in [5.41, 5.74) is -0.270. The van der Waals surface area contributed by atoms with Crippen LogP contribution < -0.4 is 5.32 Å². The van der Waals surface area contributed by atoms with Crippen LogP contribution in [-0.2, 0) is 9.53 Å². The van der Waals surface area contributed by atoms with Gasteiger partial charge in [-0.25, -0.2) is 9.59 Å². The van der Waals surface area contributed by atoms with Crippen LogP contribution in [0, 0.1) is 0 Å². The van der Waals surface area contributed by atoms with Gasteiger partial charge in [-0.15, -0.1) is 0 Å². The number of rotatable bonds is 3. The average Bonchev–Trinajstić information content (AvgIpc) is 2.48. The van der Waals surface area contributed by atoms with Crippen LogP contribution in [0.15, 0.2) is 35.9 Å². The smallest absolute Gasteiger partial charge is 0.408 e. The highest BCUT2D eigenvalue weighted by Gasteiger charge is 2.49. The standard InChI is InChI=1S/C19H24ClNO4/c1-12-9-10-19(16(22)23,21-17(24)25-18(2,3)4)15(11-12)13-5-7-14(20)8-6-13/h5-9,15H,10-11H2,1-4H3,(H,21,24)(H,22,23). The Labute approximate surface area is 153 Å². The van der Waals surface area contributed by atoms with Crippen LogP contribution in [0.3, 0.4) is 0 Å². The van der Waals surface area contributed by atoms with Gasteiger partial charge in [0.2, 0.25) is 0 Å². The molecule has 0 saturated carbocycles. The number of carbonyl (C=O) groups excluding carboxylic acids is 1. The predicted octanol–water partition coefficient (Wildman–Crippen LogP) is 4.51. The second-order valence-corrected chi connectivity index (χ2v) is 7.90. The number of alkyl carbamates (subject to hydrolysis) is 1. The highest BCUT2D eigenvalue weighted by molar-refractivity contribution is 6.30. The third-order valence-electron chi connectivity index (χ3n) is 4.27. The maximum Gasteiger partial charge on any atom is 0.408 e. The summed E-state index contributed by atoms with van der Waals surface area (Å²) in [5.74, 6) is -1.50. The Balaban J connectivity index is 2.42. The number of ether oxygens (including phenoxy) is 1. The number of aliphatic carboxylic acids is 1. The van der Waals surface area contributed by atoms with Gasteiger partial charge in [0.25, 0.3) is 0 Å². The molecule has 2 atom stereocenters. The van der Waals surface area contributed by atoms with E-state index >= 15 is 0 Å². The first-order chi connectivity index (χ1) is 11.5. The molecule has 0 fully saturated rings. The number of carbonyl (C=O) groups is 2. The zero-order valence-electron chi connectivity index (χ0n) is 14.9. The van der Waals surface area contributed by atoms with Crippen LogP contribution in [0.2, 0.25) is 5.02 Å². The molecule has 5 nitrogen and oxygen atoms in total. The van der Waals surface area contributed by atoms with Crippen LogP contribution in [0.1, 0.15) is 52.0 Å². The Hall–Kier alpha value is -2.01. The number of nitrogens with one attached hydrogen (secondary N) is 1. The van der Waals surface area contributed by atoms with Crippen LogP contribution >= 0.6 is 11.6 Å². The molecule has 0 aromatic heterocycles. The lowest BCUT2D eigenvalue weighted by Gasteiger charge is -2.40. The van der Waals surface area contributed by atoms with Crippen LogP contribution in [-0.4, -0.2) is 28.3 Å². The van der Waals surface area contributed by atoms with E-state index in [1.165, 1.54) is 0 Å². The van der Waals surface area contributed by atoms with Crippen LogP contribution in [0.25, 0.3) is 0 Å². The minimum absolute atomic E-state index is 0.195. The van der Waals surface area contributed by atoms with Crippen molar-refractivity contribution < 1.29 is 19.4 Å². The van der Waals surface area contributed by atoms with Gasteiger partial charge < -0.3 is 15.2 Å².